The molecule has 0 fully saturated rings. The summed E-state index contributed by atoms with van der Waals surface area (Å²) < 4.78 is 0. The molecule has 0 aliphatic heterocycles. The van der Waals surface area contributed by atoms with E-state index in [4.69, 9.17) is 0 Å². The maximum Gasteiger partial charge on any atom is -0.00540 e. The first-order chi connectivity index (χ1) is 7.50. The van der Waals surface area contributed by atoms with E-state index >= 15 is 0 Å². The highest BCUT2D eigenvalue weighted by molar-refractivity contribution is 5.22. The van der Waals surface area contributed by atoms with Gasteiger partial charge in [0.2, 0.25) is 0 Å². The van der Waals surface area contributed by atoms with Crippen LogP contribution >= 0.6 is 0 Å². The summed E-state index contributed by atoms with van der Waals surface area (Å²) in [5.74, 6) is 1.75. The van der Waals surface area contributed by atoms with Gasteiger partial charge in [0.05, 0.1) is 0 Å². The third-order valence-electron chi connectivity index (χ3n) is 3.38. The summed E-state index contributed by atoms with van der Waals surface area (Å²) in [4.78, 5) is 0. The number of hydrogen-bond acceptors (Lipinski definition) is 0. The second-order valence-corrected chi connectivity index (χ2v) is 5.21. The molecule has 0 N–H and O–H groups in total. The normalized spacial score (nSPS) is 31.5. The molecule has 0 nitrogen and oxygen atoms in total. The van der Waals surface area contributed by atoms with Crippen LogP contribution in [-0.4, -0.2) is 0 Å². The van der Waals surface area contributed by atoms with Crippen molar-refractivity contribution in [3.63, 3.8) is 0 Å². The minimum atomic E-state index is 0.487. The van der Waals surface area contributed by atoms with E-state index in [-0.39, 0.29) is 0 Å². The van der Waals surface area contributed by atoms with E-state index in [1.54, 1.807) is 0 Å². The molecule has 0 aromatic carbocycles. The van der Waals surface area contributed by atoms with Crippen LogP contribution in [0, 0.1) is 17.8 Å². The van der Waals surface area contributed by atoms with Crippen LogP contribution in [0.1, 0.15) is 33.6 Å². The van der Waals surface area contributed by atoms with Gasteiger partial charge in [0.25, 0.3) is 0 Å². The highest BCUT2D eigenvalue weighted by atomic mass is 14.2. The van der Waals surface area contributed by atoms with E-state index in [9.17, 15) is 0 Å². The topological polar surface area (TPSA) is 0 Å². The predicted octanol–water partition coefficient (Wildman–Crippen LogP) is 4.91. The van der Waals surface area contributed by atoms with Crippen molar-refractivity contribution in [2.45, 2.75) is 33.6 Å². The molecule has 1 aliphatic carbocycles. The summed E-state index contributed by atoms with van der Waals surface area (Å²) in [6, 6.07) is 0. The quantitative estimate of drug-likeness (QED) is 0.546. The molecule has 0 heteroatoms. The number of rotatable bonds is 1. The van der Waals surface area contributed by atoms with E-state index in [1.807, 2.05) is 0 Å². The first kappa shape index (κ1) is 13.0. The molecule has 0 heterocycles. The van der Waals surface area contributed by atoms with Gasteiger partial charge < -0.3 is 0 Å². The molecule has 0 unspecified atom stereocenters. The summed E-state index contributed by atoms with van der Waals surface area (Å²) in [6.07, 6.45) is 11.0. The lowest BCUT2D eigenvalue weighted by Crippen LogP contribution is -2.09. The second-order valence-electron chi connectivity index (χ2n) is 5.21. The van der Waals surface area contributed by atoms with Gasteiger partial charge in [0, 0.05) is 0 Å². The van der Waals surface area contributed by atoms with Gasteiger partial charge in [-0.1, -0.05) is 69.4 Å². The van der Waals surface area contributed by atoms with Crippen LogP contribution in [0.4, 0.5) is 0 Å². The van der Waals surface area contributed by atoms with Crippen LogP contribution < -0.4 is 0 Å². The van der Waals surface area contributed by atoms with Crippen LogP contribution in [0.15, 0.2) is 48.6 Å². The second kappa shape index (κ2) is 5.89. The minimum absolute atomic E-state index is 0.487. The molecular formula is C16H24. The highest BCUT2D eigenvalue weighted by Crippen LogP contribution is 2.27. The Labute approximate surface area is 100 Å². The van der Waals surface area contributed by atoms with E-state index in [0.717, 1.165) is 12.8 Å². The van der Waals surface area contributed by atoms with E-state index in [2.05, 4.69) is 58.2 Å². The van der Waals surface area contributed by atoms with Gasteiger partial charge in [0.1, 0.15) is 0 Å². The fraction of sp³-hybridized carbons (Fsp3) is 0.500. The Balaban J connectivity index is 2.86. The van der Waals surface area contributed by atoms with Crippen LogP contribution in [0.3, 0.4) is 0 Å². The molecule has 0 saturated carbocycles. The predicted molar refractivity (Wildman–Crippen MR) is 73.3 cm³/mol. The van der Waals surface area contributed by atoms with Gasteiger partial charge >= 0.3 is 0 Å². The Morgan fingerprint density at radius 2 is 1.94 bits per heavy atom. The Bertz CT molecular complexity index is 315. The van der Waals surface area contributed by atoms with Gasteiger partial charge in [-0.2, -0.15) is 0 Å². The van der Waals surface area contributed by atoms with Crippen LogP contribution in [0.2, 0.25) is 0 Å². The molecule has 0 radical (unpaired) electrons. The molecule has 0 aromatic heterocycles. The van der Waals surface area contributed by atoms with Crippen molar-refractivity contribution in [1.29, 1.82) is 0 Å². The third-order valence-corrected chi connectivity index (χ3v) is 3.38. The number of hydrogen-bond donors (Lipinski definition) is 0. The highest BCUT2D eigenvalue weighted by Gasteiger charge is 2.14. The largest absolute Gasteiger partial charge is 0.0993 e. The van der Waals surface area contributed by atoms with Crippen molar-refractivity contribution >= 4 is 0 Å². The lowest BCUT2D eigenvalue weighted by molar-refractivity contribution is 0.452. The summed E-state index contributed by atoms with van der Waals surface area (Å²) >= 11 is 0. The Morgan fingerprint density at radius 3 is 2.56 bits per heavy atom. The van der Waals surface area contributed by atoms with Crippen LogP contribution in [0.25, 0.3) is 0 Å². The van der Waals surface area contributed by atoms with Crippen molar-refractivity contribution < 1.29 is 0 Å². The Kier molecular flexibility index (Phi) is 4.79. The molecule has 88 valence electrons. The molecular weight excluding hydrogens is 192 g/mol. The maximum atomic E-state index is 4.21. The van der Waals surface area contributed by atoms with Crippen molar-refractivity contribution in [3.8, 4) is 0 Å². The van der Waals surface area contributed by atoms with Crippen LogP contribution in [0.5, 0.6) is 0 Å². The minimum Gasteiger partial charge on any atom is -0.0993 e. The average molecular weight is 216 g/mol. The molecule has 0 spiro atoms. The smallest absolute Gasteiger partial charge is 0.00540 e. The van der Waals surface area contributed by atoms with Gasteiger partial charge in [-0.25, -0.2) is 0 Å². The monoisotopic (exact) mass is 216 g/mol. The van der Waals surface area contributed by atoms with Crippen molar-refractivity contribution in [3.05, 3.63) is 48.6 Å². The van der Waals surface area contributed by atoms with Gasteiger partial charge in [0.15, 0.2) is 0 Å². The molecule has 0 saturated heterocycles. The molecule has 2 atom stereocenters. The zero-order valence-electron chi connectivity index (χ0n) is 10.9. The fourth-order valence-electron chi connectivity index (χ4n) is 1.90. The SMILES string of the molecule is C=C1/C=C/[C@H](C(C)C)CC(=C)[C@@H](C)/C=C\C1. The van der Waals surface area contributed by atoms with Gasteiger partial charge in [-0.15, -0.1) is 0 Å². The lowest BCUT2D eigenvalue weighted by atomic mass is 9.84. The summed E-state index contributed by atoms with van der Waals surface area (Å²) in [5.41, 5.74) is 2.54. The molecule has 1 rings (SSSR count). The Morgan fingerprint density at radius 1 is 1.25 bits per heavy atom. The van der Waals surface area contributed by atoms with Crippen molar-refractivity contribution in [2.75, 3.05) is 0 Å². The molecule has 1 aliphatic rings. The van der Waals surface area contributed by atoms with Crippen molar-refractivity contribution in [1.82, 2.24) is 0 Å². The van der Waals surface area contributed by atoms with Gasteiger partial charge in [-0.3, -0.25) is 0 Å². The molecule has 16 heavy (non-hydrogen) atoms. The Hall–Kier alpha value is -1.04. The average Bonchev–Trinajstić information content (AvgIpc) is 2.22. The zero-order valence-corrected chi connectivity index (χ0v) is 10.9. The maximum absolute atomic E-state index is 4.21. The lowest BCUT2D eigenvalue weighted by Gasteiger charge is -2.21. The molecule has 0 amide bonds. The van der Waals surface area contributed by atoms with Gasteiger partial charge in [-0.05, 0) is 30.6 Å². The van der Waals surface area contributed by atoms with E-state index < -0.39 is 0 Å². The van der Waals surface area contributed by atoms with E-state index in [1.165, 1.54) is 11.1 Å². The summed E-state index contributed by atoms with van der Waals surface area (Å²) in [7, 11) is 0. The van der Waals surface area contributed by atoms with E-state index in [0.29, 0.717) is 17.8 Å². The first-order valence-corrected chi connectivity index (χ1v) is 6.21. The fourth-order valence-corrected chi connectivity index (χ4v) is 1.90. The van der Waals surface area contributed by atoms with Crippen molar-refractivity contribution in [2.24, 2.45) is 17.8 Å². The summed E-state index contributed by atoms with van der Waals surface area (Å²) in [5, 5.41) is 0. The molecule has 0 aromatic rings. The van der Waals surface area contributed by atoms with Crippen LogP contribution in [-0.2, 0) is 0 Å². The third kappa shape index (κ3) is 3.84. The summed E-state index contributed by atoms with van der Waals surface area (Å²) in [6.45, 7) is 15.1. The standard InChI is InChI=1S/C16H24/c1-12(2)16-10-9-13(3)7-6-8-14(4)15(5)11-16/h6,8-10,12,14,16H,3,5,7,11H2,1-2,4H3/b8-6-,10-9+/t14-,16-/m0/s1. The molecule has 0 bridgehead atoms. The first-order valence-electron chi connectivity index (χ1n) is 6.21. The zero-order chi connectivity index (χ0) is 12.1. The number of allylic oxidation sites excluding steroid dienone is 6.